The molecule has 1 atom stereocenters. The van der Waals surface area contributed by atoms with Crippen LogP contribution < -0.4 is 5.32 Å². The molecule has 4 nitrogen and oxygen atoms in total. The van der Waals surface area contributed by atoms with E-state index in [-0.39, 0.29) is 11.9 Å². The molecule has 0 aliphatic carbocycles. The van der Waals surface area contributed by atoms with Gasteiger partial charge in [0.2, 0.25) is 0 Å². The Balaban J connectivity index is 2.08. The van der Waals surface area contributed by atoms with Crippen molar-refractivity contribution in [3.05, 3.63) is 54.2 Å². The number of carbonyl (C=O) groups excluding carboxylic acids is 1. The number of nitrogens with one attached hydrogen (secondary N) is 1. The number of furan rings is 1. The fourth-order valence-electron chi connectivity index (χ4n) is 1.95. The number of rotatable bonds is 6. The second-order valence-corrected chi connectivity index (χ2v) is 4.47. The fourth-order valence-corrected chi connectivity index (χ4v) is 1.95. The summed E-state index contributed by atoms with van der Waals surface area (Å²) in [6.45, 7) is 2.14. The number of carbonyl (C=O) groups is 1. The molecule has 2 aromatic heterocycles. The molecular formula is C15H18N2O2. The summed E-state index contributed by atoms with van der Waals surface area (Å²) in [6.07, 6.45) is 9.55. The van der Waals surface area contributed by atoms with Crippen molar-refractivity contribution in [1.29, 1.82) is 0 Å². The summed E-state index contributed by atoms with van der Waals surface area (Å²) in [6, 6.07) is 5.53. The summed E-state index contributed by atoms with van der Waals surface area (Å²) in [4.78, 5) is 16.2. The zero-order valence-electron chi connectivity index (χ0n) is 11.0. The lowest BCUT2D eigenvalue weighted by atomic mass is 10.0. The molecule has 2 aromatic rings. The monoisotopic (exact) mass is 258 g/mol. The van der Waals surface area contributed by atoms with Crippen molar-refractivity contribution in [2.45, 2.75) is 32.2 Å². The van der Waals surface area contributed by atoms with E-state index in [1.54, 1.807) is 18.5 Å². The van der Waals surface area contributed by atoms with Crippen LogP contribution >= 0.6 is 0 Å². The first-order chi connectivity index (χ1) is 9.31. The van der Waals surface area contributed by atoms with Crippen LogP contribution in [0.1, 0.15) is 48.1 Å². The minimum Gasteiger partial charge on any atom is -0.472 e. The Bertz CT molecular complexity index is 494. The van der Waals surface area contributed by atoms with E-state index < -0.39 is 0 Å². The minimum atomic E-state index is -0.112. The molecule has 2 rings (SSSR count). The van der Waals surface area contributed by atoms with Gasteiger partial charge < -0.3 is 9.73 Å². The molecule has 0 aromatic carbocycles. The molecule has 0 spiro atoms. The van der Waals surface area contributed by atoms with Crippen LogP contribution in [0.15, 0.2) is 47.5 Å². The average molecular weight is 258 g/mol. The van der Waals surface area contributed by atoms with Crippen molar-refractivity contribution in [2.75, 3.05) is 0 Å². The van der Waals surface area contributed by atoms with Gasteiger partial charge in [-0.15, -0.1) is 0 Å². The maximum Gasteiger partial charge on any atom is 0.255 e. The highest BCUT2D eigenvalue weighted by molar-refractivity contribution is 5.94. The number of pyridine rings is 1. The molecule has 0 radical (unpaired) electrons. The first kappa shape index (κ1) is 13.3. The summed E-state index contributed by atoms with van der Waals surface area (Å²) >= 11 is 0. The highest BCUT2D eigenvalue weighted by atomic mass is 16.3. The Kier molecular flexibility index (Phi) is 4.72. The lowest BCUT2D eigenvalue weighted by molar-refractivity contribution is 0.0933. The van der Waals surface area contributed by atoms with Crippen molar-refractivity contribution in [3.63, 3.8) is 0 Å². The smallest absolute Gasteiger partial charge is 0.255 e. The van der Waals surface area contributed by atoms with Gasteiger partial charge in [-0.25, -0.2) is 0 Å². The molecule has 2 heterocycles. The molecule has 0 aliphatic heterocycles. The number of amides is 1. The topological polar surface area (TPSA) is 55.1 Å². The first-order valence-corrected chi connectivity index (χ1v) is 6.54. The van der Waals surface area contributed by atoms with Gasteiger partial charge in [0.25, 0.3) is 5.91 Å². The second-order valence-electron chi connectivity index (χ2n) is 4.47. The summed E-state index contributed by atoms with van der Waals surface area (Å²) in [7, 11) is 0. The Labute approximate surface area is 112 Å². The third kappa shape index (κ3) is 3.68. The molecule has 0 fully saturated rings. The predicted molar refractivity (Wildman–Crippen MR) is 72.7 cm³/mol. The standard InChI is InChI=1S/C15H18N2O2/c1-2-3-6-14(12-5-4-8-16-10-12)17-15(18)13-7-9-19-11-13/h4-5,7-11,14H,2-3,6H2,1H3,(H,17,18). The molecule has 1 amide bonds. The van der Waals surface area contributed by atoms with Crippen LogP contribution in [0.2, 0.25) is 0 Å². The second kappa shape index (κ2) is 6.73. The van der Waals surface area contributed by atoms with Crippen LogP contribution in [0.5, 0.6) is 0 Å². The van der Waals surface area contributed by atoms with Crippen molar-refractivity contribution in [1.82, 2.24) is 10.3 Å². The third-order valence-electron chi connectivity index (χ3n) is 3.02. The van der Waals surface area contributed by atoms with Gasteiger partial charge in [0.15, 0.2) is 0 Å². The van der Waals surface area contributed by atoms with Crippen LogP contribution in [-0.4, -0.2) is 10.9 Å². The largest absolute Gasteiger partial charge is 0.472 e. The van der Waals surface area contributed by atoms with Crippen LogP contribution in [0, 0.1) is 0 Å². The summed E-state index contributed by atoms with van der Waals surface area (Å²) in [5.74, 6) is -0.112. The van der Waals surface area contributed by atoms with E-state index in [2.05, 4.69) is 17.2 Å². The van der Waals surface area contributed by atoms with E-state index in [4.69, 9.17) is 4.42 Å². The van der Waals surface area contributed by atoms with E-state index in [1.807, 2.05) is 12.1 Å². The highest BCUT2D eigenvalue weighted by Gasteiger charge is 2.16. The molecule has 0 saturated heterocycles. The van der Waals surface area contributed by atoms with E-state index in [9.17, 15) is 4.79 Å². The Morgan fingerprint density at radius 1 is 1.47 bits per heavy atom. The van der Waals surface area contributed by atoms with Crippen LogP contribution in [0.3, 0.4) is 0 Å². The van der Waals surface area contributed by atoms with Crippen molar-refractivity contribution in [2.24, 2.45) is 0 Å². The Hall–Kier alpha value is -2.10. The van der Waals surface area contributed by atoms with Crippen molar-refractivity contribution in [3.8, 4) is 0 Å². The van der Waals surface area contributed by atoms with Gasteiger partial charge in [0.1, 0.15) is 6.26 Å². The van der Waals surface area contributed by atoms with Crippen LogP contribution in [0.25, 0.3) is 0 Å². The zero-order valence-corrected chi connectivity index (χ0v) is 11.0. The lowest BCUT2D eigenvalue weighted by Crippen LogP contribution is -2.28. The minimum absolute atomic E-state index is 0.00366. The number of unbranched alkanes of at least 4 members (excludes halogenated alkanes) is 1. The van der Waals surface area contributed by atoms with E-state index in [1.165, 1.54) is 12.5 Å². The van der Waals surface area contributed by atoms with E-state index in [0.29, 0.717) is 5.56 Å². The van der Waals surface area contributed by atoms with Gasteiger partial charge in [0, 0.05) is 12.4 Å². The van der Waals surface area contributed by atoms with Crippen molar-refractivity contribution < 1.29 is 9.21 Å². The number of aromatic nitrogens is 1. The fraction of sp³-hybridized carbons (Fsp3) is 0.333. The van der Waals surface area contributed by atoms with E-state index >= 15 is 0 Å². The number of hydrogen-bond donors (Lipinski definition) is 1. The summed E-state index contributed by atoms with van der Waals surface area (Å²) in [5, 5.41) is 3.03. The normalized spacial score (nSPS) is 12.1. The van der Waals surface area contributed by atoms with Crippen LogP contribution in [0.4, 0.5) is 0 Å². The van der Waals surface area contributed by atoms with Gasteiger partial charge >= 0.3 is 0 Å². The summed E-state index contributed by atoms with van der Waals surface area (Å²) in [5.41, 5.74) is 1.58. The highest BCUT2D eigenvalue weighted by Crippen LogP contribution is 2.19. The van der Waals surface area contributed by atoms with Gasteiger partial charge in [-0.2, -0.15) is 0 Å². The molecule has 0 aliphatic rings. The molecule has 1 N–H and O–H groups in total. The molecule has 4 heteroatoms. The van der Waals surface area contributed by atoms with Gasteiger partial charge in [-0.3, -0.25) is 9.78 Å². The molecule has 1 unspecified atom stereocenters. The van der Waals surface area contributed by atoms with Crippen LogP contribution in [-0.2, 0) is 0 Å². The van der Waals surface area contributed by atoms with E-state index in [0.717, 1.165) is 24.8 Å². The van der Waals surface area contributed by atoms with Gasteiger partial charge in [-0.05, 0) is 24.1 Å². The predicted octanol–water partition coefficient (Wildman–Crippen LogP) is 3.34. The Morgan fingerprint density at radius 2 is 2.37 bits per heavy atom. The average Bonchev–Trinajstić information content (AvgIpc) is 2.98. The quantitative estimate of drug-likeness (QED) is 0.864. The first-order valence-electron chi connectivity index (χ1n) is 6.54. The molecule has 0 saturated carbocycles. The van der Waals surface area contributed by atoms with Crippen molar-refractivity contribution >= 4 is 5.91 Å². The zero-order chi connectivity index (χ0) is 13.5. The molecule has 19 heavy (non-hydrogen) atoms. The molecule has 100 valence electrons. The lowest BCUT2D eigenvalue weighted by Gasteiger charge is -2.18. The Morgan fingerprint density at radius 3 is 3.00 bits per heavy atom. The molecular weight excluding hydrogens is 240 g/mol. The SMILES string of the molecule is CCCCC(NC(=O)c1ccoc1)c1cccnc1. The number of nitrogens with zero attached hydrogens (tertiary/aromatic N) is 1. The molecule has 0 bridgehead atoms. The number of hydrogen-bond acceptors (Lipinski definition) is 3. The maximum absolute atomic E-state index is 12.1. The third-order valence-corrected chi connectivity index (χ3v) is 3.02. The summed E-state index contributed by atoms with van der Waals surface area (Å²) < 4.78 is 4.93. The van der Waals surface area contributed by atoms with Gasteiger partial charge in [0.05, 0.1) is 17.9 Å². The van der Waals surface area contributed by atoms with Gasteiger partial charge in [-0.1, -0.05) is 25.8 Å². The maximum atomic E-state index is 12.1.